The minimum Gasteiger partial charge on any atom is -0.469 e. The maximum atomic E-state index is 12.5. The van der Waals surface area contributed by atoms with Crippen molar-refractivity contribution >= 4 is 17.7 Å². The molecule has 0 N–H and O–H groups in total. The second-order valence-electron chi connectivity index (χ2n) is 7.24. The molecule has 0 spiro atoms. The fraction of sp³-hybridized carbons (Fsp3) is 0.550. The predicted octanol–water partition coefficient (Wildman–Crippen LogP) is 2.86. The fourth-order valence-electron chi connectivity index (χ4n) is 4.34. The van der Waals surface area contributed by atoms with Gasteiger partial charge in [0.05, 0.1) is 18.9 Å². The van der Waals surface area contributed by atoms with Gasteiger partial charge < -0.3 is 9.47 Å². The Bertz CT molecular complexity index is 708. The molecule has 5 nitrogen and oxygen atoms in total. The molecule has 5 heteroatoms. The van der Waals surface area contributed by atoms with E-state index in [1.54, 1.807) is 12.1 Å². The number of carbonyl (C=O) groups is 3. The summed E-state index contributed by atoms with van der Waals surface area (Å²) in [5, 5.41) is 0. The van der Waals surface area contributed by atoms with Crippen molar-refractivity contribution in [2.24, 2.45) is 23.7 Å². The third-order valence-electron chi connectivity index (χ3n) is 5.84. The normalized spacial score (nSPS) is 27.2. The lowest BCUT2D eigenvalue weighted by Crippen LogP contribution is -2.37. The van der Waals surface area contributed by atoms with Crippen LogP contribution >= 0.6 is 0 Å². The molecule has 2 aliphatic rings. The average molecular weight is 344 g/mol. The molecule has 2 aliphatic carbocycles. The van der Waals surface area contributed by atoms with Gasteiger partial charge in [0, 0.05) is 5.56 Å². The average Bonchev–Trinajstić information content (AvgIpc) is 3.22. The summed E-state index contributed by atoms with van der Waals surface area (Å²) >= 11 is 0. The highest BCUT2D eigenvalue weighted by molar-refractivity contribution is 5.98. The van der Waals surface area contributed by atoms with Gasteiger partial charge in [0.1, 0.15) is 0 Å². The van der Waals surface area contributed by atoms with E-state index in [0.717, 1.165) is 30.4 Å². The van der Waals surface area contributed by atoms with Gasteiger partial charge in [0.25, 0.3) is 0 Å². The zero-order valence-corrected chi connectivity index (χ0v) is 14.9. The standard InChI is InChI=1S/C20H24O5/c1-11-4-5-13(8-12(11)2)16(21)10-25-20(23)18-15-7-6-14(9-15)17(18)19(22)24-3/h4-5,8,14-15,17-18H,6-7,9-10H2,1-3H3/t14-,15-,17+,18-/m0/s1. The monoisotopic (exact) mass is 344 g/mol. The molecule has 1 aromatic rings. The van der Waals surface area contributed by atoms with Gasteiger partial charge in [0.2, 0.25) is 0 Å². The highest BCUT2D eigenvalue weighted by atomic mass is 16.5. The van der Waals surface area contributed by atoms with Crippen molar-refractivity contribution in [3.8, 4) is 0 Å². The van der Waals surface area contributed by atoms with Crippen molar-refractivity contribution in [3.05, 3.63) is 34.9 Å². The number of carbonyl (C=O) groups excluding carboxylic acids is 3. The lowest BCUT2D eigenvalue weighted by atomic mass is 9.79. The Morgan fingerprint density at radius 1 is 1.00 bits per heavy atom. The predicted molar refractivity (Wildman–Crippen MR) is 91.0 cm³/mol. The number of ether oxygens (including phenoxy) is 2. The summed E-state index contributed by atoms with van der Waals surface area (Å²) in [6, 6.07) is 5.43. The van der Waals surface area contributed by atoms with Crippen LogP contribution in [0.3, 0.4) is 0 Å². The van der Waals surface area contributed by atoms with Crippen LogP contribution in [0.5, 0.6) is 0 Å². The molecule has 0 aliphatic heterocycles. The van der Waals surface area contributed by atoms with Gasteiger partial charge in [-0.1, -0.05) is 12.1 Å². The molecule has 1 aromatic carbocycles. The molecule has 0 aromatic heterocycles. The topological polar surface area (TPSA) is 69.7 Å². The Morgan fingerprint density at radius 2 is 1.64 bits per heavy atom. The molecule has 3 rings (SSSR count). The lowest BCUT2D eigenvalue weighted by Gasteiger charge is -2.27. The highest BCUT2D eigenvalue weighted by Crippen LogP contribution is 2.53. The molecular weight excluding hydrogens is 320 g/mol. The van der Waals surface area contributed by atoms with Crippen LogP contribution in [0.4, 0.5) is 0 Å². The minimum atomic E-state index is -0.473. The number of rotatable bonds is 5. The largest absolute Gasteiger partial charge is 0.469 e. The van der Waals surface area contributed by atoms with Crippen molar-refractivity contribution in [2.45, 2.75) is 33.1 Å². The molecule has 0 radical (unpaired) electrons. The Labute approximate surface area is 147 Å². The van der Waals surface area contributed by atoms with E-state index in [-0.39, 0.29) is 30.2 Å². The summed E-state index contributed by atoms with van der Waals surface area (Å²) in [5.41, 5.74) is 2.67. The van der Waals surface area contributed by atoms with E-state index in [4.69, 9.17) is 9.47 Å². The van der Waals surface area contributed by atoms with Crippen LogP contribution in [-0.4, -0.2) is 31.4 Å². The van der Waals surface area contributed by atoms with Gasteiger partial charge in [-0.25, -0.2) is 0 Å². The van der Waals surface area contributed by atoms with E-state index in [2.05, 4.69) is 0 Å². The molecule has 0 amide bonds. The van der Waals surface area contributed by atoms with Crippen LogP contribution in [0.2, 0.25) is 0 Å². The number of Topliss-reactive ketones (excluding diaryl/α,β-unsaturated/α-hetero) is 1. The van der Waals surface area contributed by atoms with E-state index >= 15 is 0 Å². The summed E-state index contributed by atoms with van der Waals surface area (Å²) in [6.07, 6.45) is 2.75. The Hall–Kier alpha value is -2.17. The third kappa shape index (κ3) is 3.32. The van der Waals surface area contributed by atoms with E-state index in [9.17, 15) is 14.4 Å². The van der Waals surface area contributed by atoms with E-state index < -0.39 is 17.8 Å². The Morgan fingerprint density at radius 3 is 2.24 bits per heavy atom. The van der Waals surface area contributed by atoms with Crippen LogP contribution in [0.15, 0.2) is 18.2 Å². The van der Waals surface area contributed by atoms with E-state index in [1.807, 2.05) is 19.9 Å². The molecule has 2 fully saturated rings. The maximum Gasteiger partial charge on any atom is 0.310 e. The van der Waals surface area contributed by atoms with Gasteiger partial charge in [0.15, 0.2) is 12.4 Å². The first-order valence-electron chi connectivity index (χ1n) is 8.77. The summed E-state index contributed by atoms with van der Waals surface area (Å²) in [7, 11) is 1.35. The molecule has 134 valence electrons. The van der Waals surface area contributed by atoms with Gasteiger partial charge in [-0.3, -0.25) is 14.4 Å². The Kier molecular flexibility index (Phi) is 4.93. The number of fused-ring (bicyclic) bond motifs is 2. The van der Waals surface area contributed by atoms with Crippen molar-refractivity contribution in [3.63, 3.8) is 0 Å². The molecule has 0 heterocycles. The van der Waals surface area contributed by atoms with Gasteiger partial charge in [-0.15, -0.1) is 0 Å². The van der Waals surface area contributed by atoms with Gasteiger partial charge >= 0.3 is 11.9 Å². The third-order valence-corrected chi connectivity index (χ3v) is 5.84. The number of ketones is 1. The van der Waals surface area contributed by atoms with Crippen LogP contribution in [0, 0.1) is 37.5 Å². The first-order valence-corrected chi connectivity index (χ1v) is 8.77. The van der Waals surface area contributed by atoms with Crippen molar-refractivity contribution in [2.75, 3.05) is 13.7 Å². The van der Waals surface area contributed by atoms with Crippen molar-refractivity contribution in [1.82, 2.24) is 0 Å². The molecule has 0 unspecified atom stereocenters. The summed E-state index contributed by atoms with van der Waals surface area (Å²) in [4.78, 5) is 36.9. The summed E-state index contributed by atoms with van der Waals surface area (Å²) < 4.78 is 10.2. The smallest absolute Gasteiger partial charge is 0.310 e. The van der Waals surface area contributed by atoms with Gasteiger partial charge in [-0.05, 0) is 62.1 Å². The van der Waals surface area contributed by atoms with Crippen molar-refractivity contribution in [1.29, 1.82) is 0 Å². The second-order valence-corrected chi connectivity index (χ2v) is 7.24. The Balaban J connectivity index is 1.64. The van der Waals surface area contributed by atoms with Gasteiger partial charge in [-0.2, -0.15) is 0 Å². The number of methoxy groups -OCH3 is 1. The van der Waals surface area contributed by atoms with Crippen LogP contribution in [0.1, 0.15) is 40.7 Å². The summed E-state index contributed by atoms with van der Waals surface area (Å²) in [5.74, 6) is -1.54. The van der Waals surface area contributed by atoms with Crippen LogP contribution in [-0.2, 0) is 19.1 Å². The van der Waals surface area contributed by atoms with E-state index in [1.165, 1.54) is 7.11 Å². The molecular formula is C20H24O5. The summed E-state index contributed by atoms with van der Waals surface area (Å²) in [6.45, 7) is 3.63. The zero-order chi connectivity index (χ0) is 18.1. The maximum absolute atomic E-state index is 12.5. The molecule has 2 bridgehead atoms. The molecule has 25 heavy (non-hydrogen) atoms. The first kappa shape index (κ1) is 17.6. The minimum absolute atomic E-state index is 0.165. The first-order chi connectivity index (χ1) is 11.9. The zero-order valence-electron chi connectivity index (χ0n) is 14.9. The van der Waals surface area contributed by atoms with Crippen LogP contribution < -0.4 is 0 Å². The molecule has 0 saturated heterocycles. The fourth-order valence-corrected chi connectivity index (χ4v) is 4.34. The second kappa shape index (κ2) is 6.98. The highest BCUT2D eigenvalue weighted by Gasteiger charge is 2.55. The number of benzene rings is 1. The molecule has 4 atom stereocenters. The molecule has 2 saturated carbocycles. The quantitative estimate of drug-likeness (QED) is 0.607. The van der Waals surface area contributed by atoms with Crippen molar-refractivity contribution < 1.29 is 23.9 Å². The number of esters is 2. The number of hydrogen-bond donors (Lipinski definition) is 0. The van der Waals surface area contributed by atoms with E-state index in [0.29, 0.717) is 5.56 Å². The van der Waals surface area contributed by atoms with Crippen LogP contribution in [0.25, 0.3) is 0 Å². The number of hydrogen-bond acceptors (Lipinski definition) is 5. The number of aryl methyl sites for hydroxylation is 2. The lowest BCUT2D eigenvalue weighted by molar-refractivity contribution is -0.161. The SMILES string of the molecule is COC(=O)[C@@H]1[C@H]2CC[C@@H](C2)[C@@H]1C(=O)OCC(=O)c1ccc(C)c(C)c1.